The minimum atomic E-state index is -3.44. The summed E-state index contributed by atoms with van der Waals surface area (Å²) in [5, 5.41) is 1.91. The molecule has 6 nitrogen and oxygen atoms in total. The predicted octanol–water partition coefficient (Wildman–Crippen LogP) is 4.05. The maximum Gasteiger partial charge on any atom is 0.236 e. The number of ether oxygens (including phenoxy) is 2. The van der Waals surface area contributed by atoms with Crippen molar-refractivity contribution in [1.29, 1.82) is 0 Å². The molecule has 136 valence electrons. The lowest BCUT2D eigenvalue weighted by Gasteiger charge is -2.19. The summed E-state index contributed by atoms with van der Waals surface area (Å²) in [6, 6.07) is 7.21. The highest BCUT2D eigenvalue weighted by molar-refractivity contribution is 9.10. The molecule has 0 amide bonds. The highest BCUT2D eigenvalue weighted by atomic mass is 79.9. The molecule has 1 aliphatic rings. The van der Waals surface area contributed by atoms with Gasteiger partial charge in [-0.2, -0.15) is 0 Å². The maximum absolute atomic E-state index is 12.6. The van der Waals surface area contributed by atoms with Crippen molar-refractivity contribution in [1.82, 2.24) is 4.98 Å². The van der Waals surface area contributed by atoms with E-state index in [2.05, 4.69) is 20.9 Å². The molecular formula is C17H14BrNO5S2. The summed E-state index contributed by atoms with van der Waals surface area (Å²) in [6.07, 6.45) is 1.39. The fourth-order valence-corrected chi connectivity index (χ4v) is 5.32. The van der Waals surface area contributed by atoms with Crippen molar-refractivity contribution in [2.75, 3.05) is 13.2 Å². The molecule has 1 aliphatic heterocycles. The Morgan fingerprint density at radius 3 is 2.65 bits per heavy atom. The first kappa shape index (κ1) is 17.6. The summed E-state index contributed by atoms with van der Waals surface area (Å²) in [4.78, 5) is 5.14. The summed E-state index contributed by atoms with van der Waals surface area (Å²) in [5.74, 6) is 1.28. The molecule has 0 aliphatic carbocycles. The SMILES string of the molecule is O=S(=O)(Cc1coc(-c2cccs2)n1)Cc1cc2c(cc1Br)OCCO2. The molecule has 9 heteroatoms. The predicted molar refractivity (Wildman–Crippen MR) is 101 cm³/mol. The Hall–Kier alpha value is -1.84. The van der Waals surface area contributed by atoms with Gasteiger partial charge in [0.25, 0.3) is 0 Å². The third-order valence-electron chi connectivity index (χ3n) is 3.74. The van der Waals surface area contributed by atoms with Gasteiger partial charge in [0, 0.05) is 4.47 Å². The Labute approximate surface area is 162 Å². The first-order chi connectivity index (χ1) is 12.5. The lowest BCUT2D eigenvalue weighted by atomic mass is 10.2. The molecule has 0 spiro atoms. The Balaban J connectivity index is 1.53. The van der Waals surface area contributed by atoms with Crippen LogP contribution in [0.4, 0.5) is 0 Å². The zero-order valence-corrected chi connectivity index (χ0v) is 16.7. The van der Waals surface area contributed by atoms with Crippen LogP contribution in [0.5, 0.6) is 11.5 Å². The first-order valence-electron chi connectivity index (χ1n) is 7.77. The van der Waals surface area contributed by atoms with Crippen LogP contribution in [0.25, 0.3) is 10.8 Å². The number of oxazole rings is 1. The summed E-state index contributed by atoms with van der Waals surface area (Å²) in [5.41, 5.74) is 1.01. The van der Waals surface area contributed by atoms with Gasteiger partial charge in [0.15, 0.2) is 21.3 Å². The third-order valence-corrected chi connectivity index (χ3v) is 6.82. The molecule has 0 fully saturated rings. The lowest BCUT2D eigenvalue weighted by molar-refractivity contribution is 0.171. The second-order valence-corrected chi connectivity index (χ2v) is 9.61. The number of aromatic nitrogens is 1. The normalized spacial score (nSPS) is 13.7. The van der Waals surface area contributed by atoms with E-state index >= 15 is 0 Å². The zero-order chi connectivity index (χ0) is 18.1. The monoisotopic (exact) mass is 455 g/mol. The smallest absolute Gasteiger partial charge is 0.236 e. The highest BCUT2D eigenvalue weighted by Crippen LogP contribution is 2.36. The highest BCUT2D eigenvalue weighted by Gasteiger charge is 2.21. The van der Waals surface area contributed by atoms with Crippen molar-refractivity contribution < 1.29 is 22.3 Å². The number of thiophene rings is 1. The van der Waals surface area contributed by atoms with E-state index < -0.39 is 9.84 Å². The molecule has 0 saturated heterocycles. The molecule has 2 aromatic heterocycles. The summed E-state index contributed by atoms with van der Waals surface area (Å²) < 4.78 is 42.3. The first-order valence-corrected chi connectivity index (χ1v) is 11.3. The van der Waals surface area contributed by atoms with E-state index in [1.54, 1.807) is 12.1 Å². The van der Waals surface area contributed by atoms with E-state index in [0.717, 1.165) is 4.88 Å². The number of nitrogens with zero attached hydrogens (tertiary/aromatic N) is 1. The van der Waals surface area contributed by atoms with Gasteiger partial charge in [-0.15, -0.1) is 11.3 Å². The van der Waals surface area contributed by atoms with Crippen LogP contribution >= 0.6 is 27.3 Å². The van der Waals surface area contributed by atoms with Crippen LogP contribution in [0, 0.1) is 0 Å². The number of sulfone groups is 1. The fourth-order valence-electron chi connectivity index (χ4n) is 2.62. The number of hydrogen-bond acceptors (Lipinski definition) is 7. The van der Waals surface area contributed by atoms with Gasteiger partial charge in [-0.1, -0.05) is 22.0 Å². The molecule has 0 radical (unpaired) electrons. The van der Waals surface area contributed by atoms with Crippen LogP contribution in [0.3, 0.4) is 0 Å². The van der Waals surface area contributed by atoms with Gasteiger partial charge < -0.3 is 13.9 Å². The second kappa shape index (κ2) is 7.05. The molecule has 0 N–H and O–H groups in total. The van der Waals surface area contributed by atoms with Gasteiger partial charge >= 0.3 is 0 Å². The molecule has 0 unspecified atom stereocenters. The quantitative estimate of drug-likeness (QED) is 0.577. The molecular weight excluding hydrogens is 442 g/mol. The van der Waals surface area contributed by atoms with Crippen molar-refractivity contribution in [2.45, 2.75) is 11.5 Å². The number of halogens is 1. The van der Waals surface area contributed by atoms with Gasteiger partial charge in [-0.3, -0.25) is 0 Å². The van der Waals surface area contributed by atoms with Gasteiger partial charge in [0.05, 0.1) is 22.1 Å². The van der Waals surface area contributed by atoms with Crippen LogP contribution in [0.2, 0.25) is 0 Å². The summed E-state index contributed by atoms with van der Waals surface area (Å²) in [7, 11) is -3.44. The van der Waals surface area contributed by atoms with E-state index in [4.69, 9.17) is 13.9 Å². The van der Waals surface area contributed by atoms with Crippen molar-refractivity contribution >= 4 is 37.1 Å². The molecule has 3 heterocycles. The molecule has 0 bridgehead atoms. The van der Waals surface area contributed by atoms with E-state index in [1.165, 1.54) is 17.6 Å². The van der Waals surface area contributed by atoms with Crippen molar-refractivity contribution in [2.24, 2.45) is 0 Å². The van der Waals surface area contributed by atoms with Gasteiger partial charge in [-0.25, -0.2) is 13.4 Å². The van der Waals surface area contributed by atoms with E-state index in [0.29, 0.717) is 46.3 Å². The minimum Gasteiger partial charge on any atom is -0.486 e. The Morgan fingerprint density at radius 1 is 1.15 bits per heavy atom. The molecule has 0 atom stereocenters. The molecule has 1 aromatic carbocycles. The van der Waals surface area contributed by atoms with Crippen LogP contribution in [0.1, 0.15) is 11.3 Å². The van der Waals surface area contributed by atoms with Gasteiger partial charge in [-0.05, 0) is 29.1 Å². The summed E-state index contributed by atoms with van der Waals surface area (Å²) in [6.45, 7) is 0.932. The van der Waals surface area contributed by atoms with Gasteiger partial charge in [0.2, 0.25) is 5.89 Å². The van der Waals surface area contributed by atoms with Crippen LogP contribution < -0.4 is 9.47 Å². The molecule has 4 rings (SSSR count). The Kier molecular flexibility index (Phi) is 4.76. The number of hydrogen-bond donors (Lipinski definition) is 0. The molecule has 26 heavy (non-hydrogen) atoms. The van der Waals surface area contributed by atoms with E-state index in [-0.39, 0.29) is 11.5 Å². The van der Waals surface area contributed by atoms with Crippen LogP contribution in [-0.4, -0.2) is 26.6 Å². The summed E-state index contributed by atoms with van der Waals surface area (Å²) >= 11 is 4.90. The average Bonchev–Trinajstić information content (AvgIpc) is 3.26. The standard InChI is InChI=1S/C17H14BrNO5S2/c18-13-7-15-14(22-3-4-23-15)6-11(13)9-26(20,21)10-12-8-24-17(19-12)16-2-1-5-25-16/h1-2,5-8H,3-4,9-10H2. The maximum atomic E-state index is 12.6. The van der Waals surface area contributed by atoms with E-state index in [9.17, 15) is 8.42 Å². The van der Waals surface area contributed by atoms with Crippen molar-refractivity contribution in [3.05, 3.63) is 51.6 Å². The second-order valence-electron chi connectivity index (χ2n) is 5.74. The van der Waals surface area contributed by atoms with Crippen LogP contribution in [-0.2, 0) is 21.3 Å². The van der Waals surface area contributed by atoms with Crippen molar-refractivity contribution in [3.63, 3.8) is 0 Å². The fraction of sp³-hybridized carbons (Fsp3) is 0.235. The largest absolute Gasteiger partial charge is 0.486 e. The van der Waals surface area contributed by atoms with Gasteiger partial charge in [0.1, 0.15) is 19.5 Å². The zero-order valence-electron chi connectivity index (χ0n) is 13.5. The van der Waals surface area contributed by atoms with Crippen LogP contribution in [0.15, 0.2) is 44.8 Å². The average molecular weight is 456 g/mol. The van der Waals surface area contributed by atoms with E-state index in [1.807, 2.05) is 17.5 Å². The lowest BCUT2D eigenvalue weighted by Crippen LogP contribution is -2.16. The minimum absolute atomic E-state index is 0.134. The molecule has 3 aromatic rings. The third kappa shape index (κ3) is 3.79. The number of benzene rings is 1. The van der Waals surface area contributed by atoms with Crippen molar-refractivity contribution in [3.8, 4) is 22.3 Å². The topological polar surface area (TPSA) is 78.6 Å². The Morgan fingerprint density at radius 2 is 1.92 bits per heavy atom. The number of rotatable bonds is 5. The Bertz CT molecular complexity index is 1030. The number of fused-ring (bicyclic) bond motifs is 1. The molecule has 0 saturated carbocycles.